The minimum atomic E-state index is 0.864. The van der Waals surface area contributed by atoms with Gasteiger partial charge in [-0.1, -0.05) is 57.1 Å². The summed E-state index contributed by atoms with van der Waals surface area (Å²) in [5.74, 6) is 2.01. The molecule has 0 bridgehead atoms. The van der Waals surface area contributed by atoms with Crippen molar-refractivity contribution in [3.05, 3.63) is 30.1 Å². The highest BCUT2D eigenvalue weighted by atomic mass is 16.5. The molecule has 132 valence electrons. The zero-order valence-corrected chi connectivity index (χ0v) is 14.9. The van der Waals surface area contributed by atoms with E-state index in [1.54, 1.807) is 0 Å². The van der Waals surface area contributed by atoms with Crippen molar-refractivity contribution in [3.63, 3.8) is 0 Å². The first-order valence-corrected chi connectivity index (χ1v) is 9.93. The van der Waals surface area contributed by atoms with E-state index in [0.717, 1.165) is 42.4 Å². The predicted molar refractivity (Wildman–Crippen MR) is 100 cm³/mol. The maximum atomic E-state index is 5.43. The standard InChI is InChI=1S/C21H32N2O/c1(3-5-7-11-18-15-16-24-17-18)2-4-6-8-14-21-22-19-12-9-10-13-20(19)23-21/h9-10,12-13,18H,1-8,11,14-17H2,(H,22,23). The number of para-hydroxylation sites is 2. The van der Waals surface area contributed by atoms with Crippen LogP contribution in [-0.2, 0) is 11.2 Å². The van der Waals surface area contributed by atoms with Crippen molar-refractivity contribution in [1.29, 1.82) is 0 Å². The third-order valence-electron chi connectivity index (χ3n) is 5.24. The summed E-state index contributed by atoms with van der Waals surface area (Å²) in [6.45, 7) is 2.02. The van der Waals surface area contributed by atoms with E-state index in [9.17, 15) is 0 Å². The second kappa shape index (κ2) is 9.83. The number of aromatic nitrogens is 2. The second-order valence-corrected chi connectivity index (χ2v) is 7.30. The number of unbranched alkanes of at least 4 members (excludes halogenated alkanes) is 7. The van der Waals surface area contributed by atoms with Gasteiger partial charge in [0.2, 0.25) is 0 Å². The van der Waals surface area contributed by atoms with Crippen molar-refractivity contribution in [2.45, 2.75) is 70.6 Å². The minimum Gasteiger partial charge on any atom is -0.381 e. The van der Waals surface area contributed by atoms with Crippen LogP contribution in [0.25, 0.3) is 11.0 Å². The maximum absolute atomic E-state index is 5.43. The maximum Gasteiger partial charge on any atom is 0.107 e. The number of hydrogen-bond acceptors (Lipinski definition) is 2. The van der Waals surface area contributed by atoms with Gasteiger partial charge in [0.15, 0.2) is 0 Å². The highest BCUT2D eigenvalue weighted by Gasteiger charge is 2.14. The Morgan fingerprint density at radius 1 is 0.958 bits per heavy atom. The van der Waals surface area contributed by atoms with Crippen LogP contribution < -0.4 is 0 Å². The molecule has 0 spiro atoms. The molecule has 0 saturated carbocycles. The number of hydrogen-bond donors (Lipinski definition) is 1. The third-order valence-corrected chi connectivity index (χ3v) is 5.24. The molecule has 3 rings (SSSR count). The van der Waals surface area contributed by atoms with Crippen LogP contribution in [0.1, 0.15) is 70.0 Å². The van der Waals surface area contributed by atoms with Crippen molar-refractivity contribution in [2.75, 3.05) is 13.2 Å². The number of fused-ring (bicyclic) bond motifs is 1. The number of H-pyrrole nitrogens is 1. The van der Waals surface area contributed by atoms with Gasteiger partial charge in [-0.25, -0.2) is 4.98 Å². The van der Waals surface area contributed by atoms with Gasteiger partial charge in [0.05, 0.1) is 11.0 Å². The number of aromatic amines is 1. The lowest BCUT2D eigenvalue weighted by Gasteiger charge is -2.06. The molecule has 1 aromatic carbocycles. The monoisotopic (exact) mass is 328 g/mol. The quantitative estimate of drug-likeness (QED) is 0.541. The summed E-state index contributed by atoms with van der Waals surface area (Å²) in [7, 11) is 0. The average Bonchev–Trinajstić information content (AvgIpc) is 3.25. The Kier molecular flexibility index (Phi) is 7.15. The molecule has 0 aliphatic carbocycles. The molecule has 1 fully saturated rings. The molecule has 24 heavy (non-hydrogen) atoms. The lowest BCUT2D eigenvalue weighted by Crippen LogP contribution is -1.98. The lowest BCUT2D eigenvalue weighted by molar-refractivity contribution is 0.183. The Bertz CT molecular complexity index is 553. The minimum absolute atomic E-state index is 0.864. The number of imidazole rings is 1. The van der Waals surface area contributed by atoms with E-state index in [2.05, 4.69) is 34.2 Å². The SMILES string of the molecule is c1ccc2[nH]c(CCCCCCCCCCC3CCOC3)nc2c1. The van der Waals surface area contributed by atoms with Crippen molar-refractivity contribution in [3.8, 4) is 0 Å². The molecule has 1 unspecified atom stereocenters. The van der Waals surface area contributed by atoms with Crippen LogP contribution in [0.5, 0.6) is 0 Å². The second-order valence-electron chi connectivity index (χ2n) is 7.30. The smallest absolute Gasteiger partial charge is 0.107 e. The summed E-state index contributed by atoms with van der Waals surface area (Å²) in [6, 6.07) is 8.29. The van der Waals surface area contributed by atoms with Crippen LogP contribution in [-0.4, -0.2) is 23.2 Å². The molecular weight excluding hydrogens is 296 g/mol. The molecule has 3 heteroatoms. The van der Waals surface area contributed by atoms with Gasteiger partial charge in [-0.3, -0.25) is 0 Å². The first-order valence-electron chi connectivity index (χ1n) is 9.93. The van der Waals surface area contributed by atoms with E-state index in [1.165, 1.54) is 64.2 Å². The van der Waals surface area contributed by atoms with E-state index in [4.69, 9.17) is 4.74 Å². The van der Waals surface area contributed by atoms with Crippen molar-refractivity contribution in [1.82, 2.24) is 9.97 Å². The number of nitrogens with one attached hydrogen (secondary N) is 1. The molecule has 0 amide bonds. The van der Waals surface area contributed by atoms with E-state index in [0.29, 0.717) is 0 Å². The Balaban J connectivity index is 1.16. The highest BCUT2D eigenvalue weighted by molar-refractivity contribution is 5.74. The number of benzene rings is 1. The van der Waals surface area contributed by atoms with E-state index in [-0.39, 0.29) is 0 Å². The van der Waals surface area contributed by atoms with Crippen molar-refractivity contribution in [2.24, 2.45) is 5.92 Å². The van der Waals surface area contributed by atoms with Gasteiger partial charge < -0.3 is 9.72 Å². The van der Waals surface area contributed by atoms with Crippen LogP contribution in [0.15, 0.2) is 24.3 Å². The summed E-state index contributed by atoms with van der Waals surface area (Å²) >= 11 is 0. The normalized spacial score (nSPS) is 17.8. The van der Waals surface area contributed by atoms with Gasteiger partial charge in [0.25, 0.3) is 0 Å². The third kappa shape index (κ3) is 5.62. The Hall–Kier alpha value is -1.35. The van der Waals surface area contributed by atoms with E-state index in [1.807, 2.05) is 0 Å². The zero-order chi connectivity index (χ0) is 16.5. The molecule has 1 aliphatic heterocycles. The number of aryl methyl sites for hydroxylation is 1. The summed E-state index contributed by atoms with van der Waals surface area (Å²) in [5.41, 5.74) is 2.26. The summed E-state index contributed by atoms with van der Waals surface area (Å²) in [5, 5.41) is 0. The summed E-state index contributed by atoms with van der Waals surface area (Å²) in [4.78, 5) is 8.07. The highest BCUT2D eigenvalue weighted by Crippen LogP contribution is 2.20. The average molecular weight is 329 g/mol. The van der Waals surface area contributed by atoms with E-state index < -0.39 is 0 Å². The van der Waals surface area contributed by atoms with Gasteiger partial charge in [-0.05, 0) is 37.3 Å². The first-order chi connectivity index (χ1) is 11.9. The van der Waals surface area contributed by atoms with Crippen LogP contribution in [0, 0.1) is 5.92 Å². The van der Waals surface area contributed by atoms with Gasteiger partial charge in [-0.15, -0.1) is 0 Å². The van der Waals surface area contributed by atoms with Gasteiger partial charge in [0, 0.05) is 19.6 Å². The molecule has 1 aliphatic rings. The Morgan fingerprint density at radius 3 is 2.46 bits per heavy atom. The first kappa shape index (κ1) is 17.5. The van der Waals surface area contributed by atoms with E-state index >= 15 is 0 Å². The molecule has 1 N–H and O–H groups in total. The Labute approximate surface area is 146 Å². The molecule has 3 nitrogen and oxygen atoms in total. The fourth-order valence-corrected chi connectivity index (χ4v) is 3.72. The Morgan fingerprint density at radius 2 is 1.71 bits per heavy atom. The fourth-order valence-electron chi connectivity index (χ4n) is 3.72. The molecule has 1 atom stereocenters. The van der Waals surface area contributed by atoms with Crippen LogP contribution in [0.3, 0.4) is 0 Å². The number of nitrogens with zero attached hydrogens (tertiary/aromatic N) is 1. The molecule has 2 aromatic rings. The van der Waals surface area contributed by atoms with Crippen LogP contribution in [0.2, 0.25) is 0 Å². The lowest BCUT2D eigenvalue weighted by atomic mass is 9.99. The number of rotatable bonds is 11. The summed E-state index contributed by atoms with van der Waals surface area (Å²) in [6.07, 6.45) is 14.8. The van der Waals surface area contributed by atoms with Crippen LogP contribution >= 0.6 is 0 Å². The largest absolute Gasteiger partial charge is 0.381 e. The molecular formula is C21H32N2O. The molecule has 1 saturated heterocycles. The zero-order valence-electron chi connectivity index (χ0n) is 14.9. The van der Waals surface area contributed by atoms with Crippen LogP contribution in [0.4, 0.5) is 0 Å². The van der Waals surface area contributed by atoms with Gasteiger partial charge >= 0.3 is 0 Å². The number of ether oxygens (including phenoxy) is 1. The molecule has 1 aromatic heterocycles. The van der Waals surface area contributed by atoms with Crippen molar-refractivity contribution < 1.29 is 4.74 Å². The fraction of sp³-hybridized carbons (Fsp3) is 0.667. The van der Waals surface area contributed by atoms with Crippen molar-refractivity contribution >= 4 is 11.0 Å². The van der Waals surface area contributed by atoms with Gasteiger partial charge in [-0.2, -0.15) is 0 Å². The molecule has 0 radical (unpaired) electrons. The van der Waals surface area contributed by atoms with Gasteiger partial charge in [0.1, 0.15) is 5.82 Å². The predicted octanol–water partition coefficient (Wildman–Crippen LogP) is 5.65. The molecule has 2 heterocycles. The summed E-state index contributed by atoms with van der Waals surface area (Å²) < 4.78 is 5.43. The topological polar surface area (TPSA) is 37.9 Å².